The highest BCUT2D eigenvalue weighted by Gasteiger charge is 2.48. The van der Waals surface area contributed by atoms with Crippen molar-refractivity contribution in [1.82, 2.24) is 9.88 Å². The smallest absolute Gasteiger partial charge is 0.244 e. The maximum Gasteiger partial charge on any atom is 0.244 e. The molecule has 0 unspecified atom stereocenters. The summed E-state index contributed by atoms with van der Waals surface area (Å²) in [7, 11) is 0. The molecule has 7 heteroatoms. The van der Waals surface area contributed by atoms with Crippen molar-refractivity contribution in [3.63, 3.8) is 0 Å². The van der Waals surface area contributed by atoms with Crippen molar-refractivity contribution in [2.75, 3.05) is 11.9 Å². The van der Waals surface area contributed by atoms with Crippen LogP contribution in [0.3, 0.4) is 0 Å². The van der Waals surface area contributed by atoms with Crippen LogP contribution in [0.15, 0.2) is 22.6 Å². The van der Waals surface area contributed by atoms with E-state index in [-0.39, 0.29) is 36.1 Å². The normalized spacial score (nSPS) is 25.1. The maximum atomic E-state index is 12.5. The van der Waals surface area contributed by atoms with E-state index in [4.69, 9.17) is 4.42 Å². The van der Waals surface area contributed by atoms with Gasteiger partial charge in [0, 0.05) is 11.6 Å². The molecule has 27 heavy (non-hydrogen) atoms. The lowest BCUT2D eigenvalue weighted by Crippen LogP contribution is -2.38. The highest BCUT2D eigenvalue weighted by molar-refractivity contribution is 6.08. The minimum absolute atomic E-state index is 0.194. The molecule has 3 amide bonds. The highest BCUT2D eigenvalue weighted by atomic mass is 16.3. The number of hydrogen-bond donors (Lipinski definition) is 1. The summed E-state index contributed by atoms with van der Waals surface area (Å²) >= 11 is 0. The summed E-state index contributed by atoms with van der Waals surface area (Å²) in [4.78, 5) is 43.0. The van der Waals surface area contributed by atoms with Gasteiger partial charge in [-0.05, 0) is 43.9 Å². The van der Waals surface area contributed by atoms with Gasteiger partial charge in [-0.2, -0.15) is 0 Å². The zero-order chi connectivity index (χ0) is 18.5. The number of imide groups is 1. The van der Waals surface area contributed by atoms with E-state index in [0.29, 0.717) is 22.7 Å². The molecular weight excluding hydrogens is 346 g/mol. The van der Waals surface area contributed by atoms with E-state index in [9.17, 15) is 14.4 Å². The first kappa shape index (κ1) is 16.5. The molecule has 0 bridgehead atoms. The Labute approximate surface area is 156 Å². The molecule has 3 aliphatic rings. The molecule has 3 fully saturated rings. The van der Waals surface area contributed by atoms with Crippen LogP contribution in [0.2, 0.25) is 0 Å². The monoisotopic (exact) mass is 367 g/mol. The van der Waals surface area contributed by atoms with Gasteiger partial charge in [-0.3, -0.25) is 19.3 Å². The molecule has 2 aromatic rings. The molecule has 2 saturated carbocycles. The predicted octanol–water partition coefficient (Wildman–Crippen LogP) is 2.82. The Balaban J connectivity index is 1.28. The lowest BCUT2D eigenvalue weighted by atomic mass is 9.81. The van der Waals surface area contributed by atoms with E-state index in [0.717, 1.165) is 49.3 Å². The van der Waals surface area contributed by atoms with Gasteiger partial charge in [0.25, 0.3) is 0 Å². The van der Waals surface area contributed by atoms with E-state index < -0.39 is 0 Å². The number of hydrogen-bond acceptors (Lipinski definition) is 5. The number of anilines is 1. The standard InChI is InChI=1S/C20H21N3O4/c24-17(10-23-19(25)13-3-1-2-4-14(13)20(23)26)21-12-7-8-16-15(9-12)22-18(27-16)11-5-6-11/h7-9,11,13-14H,1-6,10H2,(H,21,24)/t13-,14-/m0/s1. The maximum absolute atomic E-state index is 12.5. The summed E-state index contributed by atoms with van der Waals surface area (Å²) in [5.41, 5.74) is 1.98. The van der Waals surface area contributed by atoms with Crippen molar-refractivity contribution in [1.29, 1.82) is 0 Å². The first-order valence-electron chi connectivity index (χ1n) is 9.66. The van der Waals surface area contributed by atoms with E-state index in [1.54, 1.807) is 18.2 Å². The number of benzene rings is 1. The number of nitrogens with zero attached hydrogens (tertiary/aromatic N) is 2. The van der Waals surface area contributed by atoms with Gasteiger partial charge in [0.2, 0.25) is 17.7 Å². The number of carbonyl (C=O) groups excluding carboxylic acids is 3. The van der Waals surface area contributed by atoms with Gasteiger partial charge in [0.1, 0.15) is 12.1 Å². The van der Waals surface area contributed by atoms with E-state index in [1.807, 2.05) is 0 Å². The number of carbonyl (C=O) groups is 3. The van der Waals surface area contributed by atoms with Crippen LogP contribution >= 0.6 is 0 Å². The van der Waals surface area contributed by atoms with Crippen molar-refractivity contribution in [2.45, 2.75) is 44.4 Å². The number of oxazole rings is 1. The fourth-order valence-corrected chi connectivity index (χ4v) is 4.26. The van der Waals surface area contributed by atoms with Crippen LogP contribution < -0.4 is 5.32 Å². The third-order valence-corrected chi connectivity index (χ3v) is 5.85. The lowest BCUT2D eigenvalue weighted by Gasteiger charge is -2.19. The molecule has 1 aliphatic heterocycles. The molecule has 1 aromatic heterocycles. The van der Waals surface area contributed by atoms with Crippen LogP contribution in [0.4, 0.5) is 5.69 Å². The number of likely N-dealkylation sites (tertiary alicyclic amines) is 1. The van der Waals surface area contributed by atoms with Crippen LogP contribution in [0.5, 0.6) is 0 Å². The van der Waals surface area contributed by atoms with Crippen molar-refractivity contribution >= 4 is 34.5 Å². The van der Waals surface area contributed by atoms with Gasteiger partial charge in [-0.15, -0.1) is 0 Å². The average molecular weight is 367 g/mol. The van der Waals surface area contributed by atoms with E-state index >= 15 is 0 Å². The van der Waals surface area contributed by atoms with Crippen molar-refractivity contribution in [3.05, 3.63) is 24.1 Å². The van der Waals surface area contributed by atoms with Crippen molar-refractivity contribution < 1.29 is 18.8 Å². The van der Waals surface area contributed by atoms with Gasteiger partial charge >= 0.3 is 0 Å². The molecule has 140 valence electrons. The van der Waals surface area contributed by atoms with Gasteiger partial charge < -0.3 is 9.73 Å². The molecule has 5 rings (SSSR count). The summed E-state index contributed by atoms with van der Waals surface area (Å²) in [6.07, 6.45) is 5.66. The van der Waals surface area contributed by atoms with Crippen LogP contribution in [0.25, 0.3) is 11.1 Å². The third-order valence-electron chi connectivity index (χ3n) is 5.85. The summed E-state index contributed by atoms with van der Waals surface area (Å²) in [5.74, 6) is -0.0457. The fraction of sp³-hybridized carbons (Fsp3) is 0.500. The molecule has 2 heterocycles. The van der Waals surface area contributed by atoms with Gasteiger partial charge in [0.15, 0.2) is 11.5 Å². The molecule has 7 nitrogen and oxygen atoms in total. The van der Waals surface area contributed by atoms with Gasteiger partial charge in [-0.25, -0.2) is 4.98 Å². The van der Waals surface area contributed by atoms with Gasteiger partial charge in [0.05, 0.1) is 11.8 Å². The second kappa shape index (κ2) is 6.18. The summed E-state index contributed by atoms with van der Waals surface area (Å²) < 4.78 is 5.72. The number of rotatable bonds is 4. The Morgan fingerprint density at radius 2 is 1.81 bits per heavy atom. The Hall–Kier alpha value is -2.70. The number of aromatic nitrogens is 1. The molecule has 2 atom stereocenters. The molecule has 1 aromatic carbocycles. The molecule has 2 aliphatic carbocycles. The van der Waals surface area contributed by atoms with Crippen LogP contribution in [0, 0.1) is 11.8 Å². The van der Waals surface area contributed by atoms with Crippen LogP contribution in [0.1, 0.15) is 50.3 Å². The first-order valence-corrected chi connectivity index (χ1v) is 9.66. The third kappa shape index (κ3) is 2.91. The summed E-state index contributed by atoms with van der Waals surface area (Å²) in [6, 6.07) is 5.29. The first-order chi connectivity index (χ1) is 13.1. The Morgan fingerprint density at radius 3 is 2.48 bits per heavy atom. The molecular formula is C20H21N3O4. The van der Waals surface area contributed by atoms with Crippen molar-refractivity contribution in [3.8, 4) is 0 Å². The number of fused-ring (bicyclic) bond motifs is 2. The average Bonchev–Trinajstić information content (AvgIpc) is 3.39. The van der Waals surface area contributed by atoms with Crippen molar-refractivity contribution in [2.24, 2.45) is 11.8 Å². The minimum Gasteiger partial charge on any atom is -0.440 e. The topological polar surface area (TPSA) is 92.5 Å². The van der Waals surface area contributed by atoms with Crippen LogP contribution in [-0.2, 0) is 14.4 Å². The zero-order valence-electron chi connectivity index (χ0n) is 14.9. The summed E-state index contributed by atoms with van der Waals surface area (Å²) in [5, 5.41) is 2.77. The molecule has 0 spiro atoms. The minimum atomic E-state index is -0.374. The van der Waals surface area contributed by atoms with Gasteiger partial charge in [-0.1, -0.05) is 12.8 Å². The molecule has 1 N–H and O–H groups in total. The van der Waals surface area contributed by atoms with Crippen LogP contribution in [-0.4, -0.2) is 34.2 Å². The number of nitrogens with one attached hydrogen (secondary N) is 1. The Bertz CT molecular complexity index is 922. The highest BCUT2D eigenvalue weighted by Crippen LogP contribution is 2.41. The Morgan fingerprint density at radius 1 is 1.11 bits per heavy atom. The quantitative estimate of drug-likeness (QED) is 0.839. The molecule has 1 saturated heterocycles. The second-order valence-electron chi connectivity index (χ2n) is 7.82. The predicted molar refractivity (Wildman–Crippen MR) is 96.8 cm³/mol. The Kier molecular flexibility index (Phi) is 3.77. The largest absolute Gasteiger partial charge is 0.440 e. The fourth-order valence-electron chi connectivity index (χ4n) is 4.26. The number of amides is 3. The lowest BCUT2D eigenvalue weighted by molar-refractivity contribution is -0.142. The summed E-state index contributed by atoms with van der Waals surface area (Å²) in [6.45, 7) is -0.227. The second-order valence-corrected chi connectivity index (χ2v) is 7.82. The van der Waals surface area contributed by atoms with E-state index in [1.165, 1.54) is 0 Å². The SMILES string of the molecule is O=C(CN1C(=O)[C@H]2CCCC[C@@H]2C1=O)Nc1ccc2oc(C3CC3)nc2c1. The van der Waals surface area contributed by atoms with E-state index in [2.05, 4.69) is 10.3 Å². The zero-order valence-corrected chi connectivity index (χ0v) is 14.9. The molecule has 0 radical (unpaired) electrons.